The summed E-state index contributed by atoms with van der Waals surface area (Å²) < 4.78 is 29.8. The van der Waals surface area contributed by atoms with E-state index in [2.05, 4.69) is 16.9 Å². The van der Waals surface area contributed by atoms with Crippen molar-refractivity contribution in [2.75, 3.05) is 44.2 Å². The second-order valence-electron chi connectivity index (χ2n) is 8.84. The average molecular weight is 480 g/mol. The minimum Gasteiger partial charge on any atom is -0.369 e. The summed E-state index contributed by atoms with van der Waals surface area (Å²) in [6.07, 6.45) is 3.54. The predicted molar refractivity (Wildman–Crippen MR) is 125 cm³/mol. The summed E-state index contributed by atoms with van der Waals surface area (Å²) in [4.78, 5) is 17.1. The minimum absolute atomic E-state index is 0.143. The quantitative estimate of drug-likeness (QED) is 0.673. The number of aromatic nitrogens is 2. The highest BCUT2D eigenvalue weighted by Gasteiger charge is 2.36. The van der Waals surface area contributed by atoms with E-state index in [9.17, 15) is 13.2 Å². The molecule has 0 N–H and O–H groups in total. The maximum absolute atomic E-state index is 13.5. The highest BCUT2D eigenvalue weighted by Crippen LogP contribution is 2.28. The summed E-state index contributed by atoms with van der Waals surface area (Å²) in [6, 6.07) is 5.73. The Bertz CT molecular complexity index is 1110. The Kier molecular flexibility index (Phi) is 6.51. The molecule has 4 rings (SSSR count). The third kappa shape index (κ3) is 4.51. The van der Waals surface area contributed by atoms with Crippen LogP contribution in [-0.4, -0.2) is 72.6 Å². The fourth-order valence-corrected chi connectivity index (χ4v) is 6.27. The van der Waals surface area contributed by atoms with Crippen molar-refractivity contribution >= 4 is 33.2 Å². The number of hydrogen-bond acceptors (Lipinski definition) is 5. The van der Waals surface area contributed by atoms with Crippen molar-refractivity contribution in [2.24, 2.45) is 13.0 Å². The molecule has 0 spiro atoms. The molecule has 2 saturated heterocycles. The Hall–Kier alpha value is -2.10. The van der Waals surface area contributed by atoms with E-state index in [1.165, 1.54) is 15.2 Å². The summed E-state index contributed by atoms with van der Waals surface area (Å²) in [5, 5.41) is 4.72. The SMILES string of the molecule is Cc1ccc(Cl)cc1N1CCN(S(=O)(=O)c2nn(C)cc2C(=O)N2CCCC(C)C2)CC1. The van der Waals surface area contributed by atoms with Gasteiger partial charge >= 0.3 is 0 Å². The van der Waals surface area contributed by atoms with Crippen LogP contribution in [0.5, 0.6) is 0 Å². The van der Waals surface area contributed by atoms with Gasteiger partial charge in [-0.1, -0.05) is 24.6 Å². The zero-order chi connectivity index (χ0) is 23.0. The Morgan fingerprint density at radius 2 is 1.88 bits per heavy atom. The number of piperidine rings is 1. The van der Waals surface area contributed by atoms with Gasteiger partial charge in [-0.05, 0) is 43.4 Å². The number of anilines is 1. The van der Waals surface area contributed by atoms with Crippen molar-refractivity contribution in [3.8, 4) is 0 Å². The van der Waals surface area contributed by atoms with Gasteiger partial charge in [-0.2, -0.15) is 9.40 Å². The number of carbonyl (C=O) groups is 1. The van der Waals surface area contributed by atoms with Gasteiger partial charge in [0.1, 0.15) is 0 Å². The van der Waals surface area contributed by atoms with Crippen LogP contribution in [0.25, 0.3) is 0 Å². The number of rotatable bonds is 4. The van der Waals surface area contributed by atoms with Gasteiger partial charge in [0.2, 0.25) is 5.03 Å². The lowest BCUT2D eigenvalue weighted by Crippen LogP contribution is -2.49. The zero-order valence-corrected chi connectivity index (χ0v) is 20.4. The molecule has 0 aliphatic carbocycles. The third-order valence-electron chi connectivity index (χ3n) is 6.30. The third-order valence-corrected chi connectivity index (χ3v) is 8.37. The molecule has 1 unspecified atom stereocenters. The maximum atomic E-state index is 13.5. The van der Waals surface area contributed by atoms with Gasteiger partial charge in [-0.3, -0.25) is 9.48 Å². The topological polar surface area (TPSA) is 78.8 Å². The number of piperazine rings is 1. The van der Waals surface area contributed by atoms with E-state index in [0.717, 1.165) is 24.1 Å². The lowest BCUT2D eigenvalue weighted by molar-refractivity contribution is 0.0679. The largest absolute Gasteiger partial charge is 0.369 e. The Balaban J connectivity index is 1.53. The zero-order valence-electron chi connectivity index (χ0n) is 18.8. The summed E-state index contributed by atoms with van der Waals surface area (Å²) in [5.41, 5.74) is 2.27. The number of amides is 1. The van der Waals surface area contributed by atoms with E-state index in [-0.39, 0.29) is 16.5 Å². The average Bonchev–Trinajstić information content (AvgIpc) is 3.17. The molecule has 0 radical (unpaired) electrons. The van der Waals surface area contributed by atoms with Crippen LogP contribution in [0.4, 0.5) is 5.69 Å². The van der Waals surface area contributed by atoms with Gasteiger partial charge < -0.3 is 9.80 Å². The van der Waals surface area contributed by atoms with Gasteiger partial charge in [-0.25, -0.2) is 8.42 Å². The van der Waals surface area contributed by atoms with Gasteiger partial charge in [0.05, 0.1) is 5.56 Å². The van der Waals surface area contributed by atoms with Crippen molar-refractivity contribution in [3.05, 3.63) is 40.5 Å². The summed E-state index contributed by atoms with van der Waals surface area (Å²) >= 11 is 6.16. The molecule has 2 fully saturated rings. The molecule has 1 atom stereocenters. The minimum atomic E-state index is -3.89. The maximum Gasteiger partial charge on any atom is 0.263 e. The predicted octanol–water partition coefficient (Wildman–Crippen LogP) is 2.76. The van der Waals surface area contributed by atoms with Crippen LogP contribution in [0.15, 0.2) is 29.4 Å². The normalized spacial score (nSPS) is 20.6. The van der Waals surface area contributed by atoms with Crippen LogP contribution in [0, 0.1) is 12.8 Å². The molecule has 10 heteroatoms. The highest BCUT2D eigenvalue weighted by atomic mass is 35.5. The number of benzene rings is 1. The Labute approximate surface area is 194 Å². The van der Waals surface area contributed by atoms with Crippen LogP contribution in [-0.2, 0) is 17.1 Å². The van der Waals surface area contributed by atoms with Crippen LogP contribution in [0.1, 0.15) is 35.7 Å². The van der Waals surface area contributed by atoms with Crippen molar-refractivity contribution in [1.29, 1.82) is 0 Å². The van der Waals surface area contributed by atoms with Crippen LogP contribution in [0.2, 0.25) is 5.02 Å². The number of likely N-dealkylation sites (tertiary alicyclic amines) is 1. The molecule has 0 bridgehead atoms. The second-order valence-corrected chi connectivity index (χ2v) is 11.1. The first-order valence-corrected chi connectivity index (χ1v) is 12.8. The van der Waals surface area contributed by atoms with Crippen molar-refractivity contribution < 1.29 is 13.2 Å². The van der Waals surface area contributed by atoms with E-state index in [4.69, 9.17) is 11.6 Å². The molecule has 1 aromatic heterocycles. The van der Waals surface area contributed by atoms with E-state index in [1.54, 1.807) is 11.9 Å². The lowest BCUT2D eigenvalue weighted by Gasteiger charge is -2.36. The fraction of sp³-hybridized carbons (Fsp3) is 0.545. The molecular formula is C22H30ClN5O3S. The molecule has 3 heterocycles. The molecule has 2 aliphatic rings. The molecule has 2 aromatic rings. The number of hydrogen-bond donors (Lipinski definition) is 0. The Morgan fingerprint density at radius 3 is 2.56 bits per heavy atom. The van der Waals surface area contributed by atoms with Crippen LogP contribution in [0.3, 0.4) is 0 Å². The van der Waals surface area contributed by atoms with Gasteiger partial charge in [-0.15, -0.1) is 0 Å². The van der Waals surface area contributed by atoms with Gasteiger partial charge in [0.25, 0.3) is 15.9 Å². The Morgan fingerprint density at radius 1 is 1.16 bits per heavy atom. The van der Waals surface area contributed by atoms with E-state index in [0.29, 0.717) is 50.2 Å². The van der Waals surface area contributed by atoms with Crippen molar-refractivity contribution in [1.82, 2.24) is 19.0 Å². The molecule has 0 saturated carbocycles. The van der Waals surface area contributed by atoms with Crippen LogP contribution < -0.4 is 4.90 Å². The molecule has 174 valence electrons. The van der Waals surface area contributed by atoms with E-state index < -0.39 is 10.0 Å². The molecule has 8 nitrogen and oxygen atoms in total. The van der Waals surface area contributed by atoms with E-state index >= 15 is 0 Å². The first kappa shape index (κ1) is 23.1. The first-order valence-electron chi connectivity index (χ1n) is 11.0. The van der Waals surface area contributed by atoms with E-state index in [1.807, 2.05) is 25.1 Å². The molecule has 1 amide bonds. The number of sulfonamides is 1. The number of halogens is 1. The summed E-state index contributed by atoms with van der Waals surface area (Å²) in [7, 11) is -2.24. The fourth-order valence-electron chi connectivity index (χ4n) is 4.56. The molecular weight excluding hydrogens is 450 g/mol. The lowest BCUT2D eigenvalue weighted by atomic mass is 10.00. The number of carbonyl (C=O) groups excluding carboxylic acids is 1. The molecule has 1 aromatic carbocycles. The van der Waals surface area contributed by atoms with Crippen molar-refractivity contribution in [3.63, 3.8) is 0 Å². The number of nitrogens with zero attached hydrogens (tertiary/aromatic N) is 5. The van der Waals surface area contributed by atoms with Gasteiger partial charge in [0, 0.05) is 63.2 Å². The van der Waals surface area contributed by atoms with Crippen molar-refractivity contribution in [2.45, 2.75) is 31.7 Å². The standard InChI is InChI=1S/C22H30ClN5O3S/c1-16-5-4-8-27(14-16)22(29)19-15-25(3)24-21(19)32(30,31)28-11-9-26(10-12-28)20-13-18(23)7-6-17(20)2/h6-7,13,15-16H,4-5,8-12,14H2,1-3H3. The molecule has 32 heavy (non-hydrogen) atoms. The highest BCUT2D eigenvalue weighted by molar-refractivity contribution is 7.89. The van der Waals surface area contributed by atoms with Crippen LogP contribution >= 0.6 is 11.6 Å². The monoisotopic (exact) mass is 479 g/mol. The first-order chi connectivity index (χ1) is 15.2. The second kappa shape index (κ2) is 9.03. The summed E-state index contributed by atoms with van der Waals surface area (Å²) in [6.45, 7) is 7.14. The number of aryl methyl sites for hydroxylation is 2. The van der Waals surface area contributed by atoms with Gasteiger partial charge in [0.15, 0.2) is 0 Å². The smallest absolute Gasteiger partial charge is 0.263 e. The summed E-state index contributed by atoms with van der Waals surface area (Å²) in [5.74, 6) is 0.156. The molecule has 2 aliphatic heterocycles.